The molecule has 1 aliphatic heterocycles. The van der Waals surface area contributed by atoms with Gasteiger partial charge in [-0.2, -0.15) is 0 Å². The highest BCUT2D eigenvalue weighted by Gasteiger charge is 2.40. The maximum atomic E-state index is 11.8. The smallest absolute Gasteiger partial charge is 0.246 e. The molecule has 6 heteroatoms. The fourth-order valence-corrected chi connectivity index (χ4v) is 2.25. The maximum absolute atomic E-state index is 11.8. The number of piperazine rings is 1. The number of nitrogens with one attached hydrogen (secondary N) is 1. The second kappa shape index (κ2) is 4.94. The molecule has 1 aromatic rings. The zero-order valence-electron chi connectivity index (χ0n) is 10.9. The van der Waals surface area contributed by atoms with Crippen LogP contribution in [0.15, 0.2) is 22.7 Å². The zero-order valence-corrected chi connectivity index (χ0v) is 12.5. The Morgan fingerprint density at radius 1 is 1.42 bits per heavy atom. The van der Waals surface area contributed by atoms with E-state index in [0.29, 0.717) is 12.2 Å². The van der Waals surface area contributed by atoms with Crippen molar-refractivity contribution in [3.63, 3.8) is 0 Å². The van der Waals surface area contributed by atoms with Gasteiger partial charge in [-0.1, -0.05) is 6.07 Å². The first-order valence-electron chi connectivity index (χ1n) is 5.94. The van der Waals surface area contributed by atoms with Crippen molar-refractivity contribution < 1.29 is 9.59 Å². The number of benzene rings is 1. The highest BCUT2D eigenvalue weighted by Crippen LogP contribution is 2.24. The van der Waals surface area contributed by atoms with Gasteiger partial charge in [0.1, 0.15) is 0 Å². The number of hydrogen-bond acceptors (Lipinski definition) is 4. The quantitative estimate of drug-likeness (QED) is 0.634. The number of nitrogens with zero attached hydrogens (tertiary/aromatic N) is 1. The van der Waals surface area contributed by atoms with Crippen molar-refractivity contribution in [3.05, 3.63) is 28.2 Å². The molecule has 0 bridgehead atoms. The minimum atomic E-state index is -0.713. The van der Waals surface area contributed by atoms with Crippen molar-refractivity contribution in [1.82, 2.24) is 10.2 Å². The van der Waals surface area contributed by atoms with Crippen LogP contribution in [-0.4, -0.2) is 28.8 Å². The predicted octanol–water partition coefficient (Wildman–Crippen LogP) is 1.27. The lowest BCUT2D eigenvalue weighted by molar-refractivity contribution is -0.145. The number of nitrogen functional groups attached to an aromatic ring is 1. The third-order valence-corrected chi connectivity index (χ3v) is 4.09. The summed E-state index contributed by atoms with van der Waals surface area (Å²) in [5.41, 5.74) is 6.73. The van der Waals surface area contributed by atoms with E-state index < -0.39 is 5.54 Å². The lowest BCUT2D eigenvalue weighted by Gasteiger charge is -2.40. The highest BCUT2D eigenvalue weighted by molar-refractivity contribution is 9.10. The molecule has 102 valence electrons. The summed E-state index contributed by atoms with van der Waals surface area (Å²) in [7, 11) is 0. The van der Waals surface area contributed by atoms with E-state index in [4.69, 9.17) is 5.73 Å². The van der Waals surface area contributed by atoms with Gasteiger partial charge in [-0.25, -0.2) is 0 Å². The average Bonchev–Trinajstić information content (AvgIpc) is 2.31. The van der Waals surface area contributed by atoms with Crippen LogP contribution >= 0.6 is 15.9 Å². The molecule has 0 aromatic heterocycles. The molecule has 1 saturated heterocycles. The fraction of sp³-hybridized carbons (Fsp3) is 0.385. The summed E-state index contributed by atoms with van der Waals surface area (Å²) in [4.78, 5) is 25.2. The summed E-state index contributed by atoms with van der Waals surface area (Å²) in [5, 5.41) is 2.35. The Balaban J connectivity index is 2.23. The molecule has 0 unspecified atom stereocenters. The Bertz CT molecular complexity index is 543. The molecule has 0 atom stereocenters. The molecule has 1 aliphatic rings. The van der Waals surface area contributed by atoms with Gasteiger partial charge in [0.25, 0.3) is 0 Å². The van der Waals surface area contributed by atoms with Crippen LogP contribution < -0.4 is 11.1 Å². The number of anilines is 1. The minimum Gasteiger partial charge on any atom is -0.398 e. The number of halogens is 1. The Kier molecular flexibility index (Phi) is 3.64. The van der Waals surface area contributed by atoms with Crippen LogP contribution in [0.25, 0.3) is 0 Å². The summed E-state index contributed by atoms with van der Waals surface area (Å²) in [6, 6.07) is 5.63. The molecule has 19 heavy (non-hydrogen) atoms. The number of amides is 2. The van der Waals surface area contributed by atoms with Crippen LogP contribution in [0, 0.1) is 0 Å². The van der Waals surface area contributed by atoms with Gasteiger partial charge >= 0.3 is 0 Å². The van der Waals surface area contributed by atoms with Crippen LogP contribution in [0.4, 0.5) is 5.69 Å². The zero-order chi connectivity index (χ0) is 14.2. The normalized spacial score (nSPS) is 19.3. The van der Waals surface area contributed by atoms with E-state index in [2.05, 4.69) is 21.2 Å². The van der Waals surface area contributed by atoms with Gasteiger partial charge in [0, 0.05) is 16.7 Å². The number of rotatable bonds is 2. The molecule has 1 heterocycles. The first kappa shape index (κ1) is 14.0. The second-order valence-electron chi connectivity index (χ2n) is 5.15. The van der Waals surface area contributed by atoms with Crippen molar-refractivity contribution in [2.24, 2.45) is 0 Å². The SMILES string of the molecule is CC1(C)C(=O)NC(=O)CN1Cc1ccc(Br)c(N)c1. The number of hydrogen-bond donors (Lipinski definition) is 2. The van der Waals surface area contributed by atoms with Crippen LogP contribution in [0.5, 0.6) is 0 Å². The molecule has 1 fully saturated rings. The first-order valence-corrected chi connectivity index (χ1v) is 6.73. The van der Waals surface area contributed by atoms with Crippen molar-refractivity contribution >= 4 is 33.4 Å². The lowest BCUT2D eigenvalue weighted by Crippen LogP contribution is -2.63. The van der Waals surface area contributed by atoms with E-state index in [1.807, 2.05) is 23.1 Å². The van der Waals surface area contributed by atoms with E-state index >= 15 is 0 Å². The van der Waals surface area contributed by atoms with Gasteiger partial charge < -0.3 is 5.73 Å². The standard InChI is InChI=1S/C13H16BrN3O2/c1-13(2)12(19)16-11(18)7-17(13)6-8-3-4-9(14)10(15)5-8/h3-5H,6-7,15H2,1-2H3,(H,16,18,19). The number of carbonyl (C=O) groups excluding carboxylic acids is 2. The topological polar surface area (TPSA) is 75.4 Å². The summed E-state index contributed by atoms with van der Waals surface area (Å²) in [5.74, 6) is -0.539. The van der Waals surface area contributed by atoms with E-state index in [1.165, 1.54) is 0 Å². The molecule has 0 radical (unpaired) electrons. The Morgan fingerprint density at radius 2 is 2.11 bits per heavy atom. The van der Waals surface area contributed by atoms with Gasteiger partial charge in [0.15, 0.2) is 0 Å². The van der Waals surface area contributed by atoms with Crippen molar-refractivity contribution in [2.45, 2.75) is 25.9 Å². The van der Waals surface area contributed by atoms with Crippen LogP contribution in [0.2, 0.25) is 0 Å². The van der Waals surface area contributed by atoms with Crippen LogP contribution in [0.1, 0.15) is 19.4 Å². The molecule has 1 aromatic carbocycles. The van der Waals surface area contributed by atoms with Crippen molar-refractivity contribution in [2.75, 3.05) is 12.3 Å². The summed E-state index contributed by atoms with van der Waals surface area (Å²) in [6.07, 6.45) is 0. The molecule has 0 saturated carbocycles. The summed E-state index contributed by atoms with van der Waals surface area (Å²) < 4.78 is 0.836. The third kappa shape index (κ3) is 2.79. The monoisotopic (exact) mass is 325 g/mol. The molecular formula is C13H16BrN3O2. The van der Waals surface area contributed by atoms with Gasteiger partial charge in [0.2, 0.25) is 11.8 Å². The third-order valence-electron chi connectivity index (χ3n) is 3.37. The van der Waals surface area contributed by atoms with E-state index in [9.17, 15) is 9.59 Å². The molecule has 2 amide bonds. The largest absolute Gasteiger partial charge is 0.398 e. The minimum absolute atomic E-state index is 0.203. The van der Waals surface area contributed by atoms with Crippen molar-refractivity contribution in [1.29, 1.82) is 0 Å². The fourth-order valence-electron chi connectivity index (χ4n) is 2.00. The van der Waals surface area contributed by atoms with Crippen molar-refractivity contribution in [3.8, 4) is 0 Å². The average molecular weight is 326 g/mol. The summed E-state index contributed by atoms with van der Waals surface area (Å²) >= 11 is 3.34. The number of imide groups is 1. The molecule has 0 spiro atoms. The van der Waals surface area contributed by atoms with E-state index in [0.717, 1.165) is 10.0 Å². The van der Waals surface area contributed by atoms with Gasteiger partial charge in [0.05, 0.1) is 12.1 Å². The maximum Gasteiger partial charge on any atom is 0.246 e. The highest BCUT2D eigenvalue weighted by atomic mass is 79.9. The van der Waals surface area contributed by atoms with Crippen LogP contribution in [-0.2, 0) is 16.1 Å². The number of nitrogens with two attached hydrogens (primary N) is 1. The van der Waals surface area contributed by atoms with Gasteiger partial charge in [-0.15, -0.1) is 0 Å². The molecule has 3 N–H and O–H groups in total. The Hall–Kier alpha value is -1.40. The number of carbonyl (C=O) groups is 2. The summed E-state index contributed by atoms with van der Waals surface area (Å²) in [6.45, 7) is 4.31. The lowest BCUT2D eigenvalue weighted by atomic mass is 9.97. The second-order valence-corrected chi connectivity index (χ2v) is 6.00. The molecule has 2 rings (SSSR count). The van der Waals surface area contributed by atoms with Crippen LogP contribution in [0.3, 0.4) is 0 Å². The van der Waals surface area contributed by atoms with E-state index in [-0.39, 0.29) is 18.4 Å². The predicted molar refractivity (Wildman–Crippen MR) is 76.2 cm³/mol. The first-order chi connectivity index (χ1) is 8.80. The Labute approximate surface area is 120 Å². The molecule has 5 nitrogen and oxygen atoms in total. The Morgan fingerprint density at radius 3 is 2.74 bits per heavy atom. The van der Waals surface area contributed by atoms with Gasteiger partial charge in [-0.3, -0.25) is 19.8 Å². The van der Waals surface area contributed by atoms with E-state index in [1.54, 1.807) is 13.8 Å². The molecular weight excluding hydrogens is 310 g/mol. The van der Waals surface area contributed by atoms with Gasteiger partial charge in [-0.05, 0) is 47.5 Å². The molecule has 0 aliphatic carbocycles.